The molecule has 25 heavy (non-hydrogen) atoms. The van der Waals surface area contributed by atoms with E-state index in [-0.39, 0.29) is 10.8 Å². The summed E-state index contributed by atoms with van der Waals surface area (Å²) in [6.07, 6.45) is 2.40. The summed E-state index contributed by atoms with van der Waals surface area (Å²) >= 11 is 7.10. The number of fused-ring (bicyclic) bond motifs is 1. The third-order valence-corrected chi connectivity index (χ3v) is 5.34. The average molecular weight is 375 g/mol. The summed E-state index contributed by atoms with van der Waals surface area (Å²) in [5, 5.41) is 16.2. The number of hydrogen-bond donors (Lipinski definition) is 2. The van der Waals surface area contributed by atoms with Crippen molar-refractivity contribution in [2.45, 2.75) is 13.3 Å². The van der Waals surface area contributed by atoms with Gasteiger partial charge >= 0.3 is 4.87 Å². The Labute approximate surface area is 151 Å². The first-order valence-electron chi connectivity index (χ1n) is 7.64. The standard InChI is InChI=1S/C17H15ClN4O2S/c1-9-12(8-14-15(23)19-17(24)25-14)16(21(2)20-9)22-6-5-10-7-11(18)3-4-13(10)22/h3-7,23H,8H2,1-2H3,(H,19,24). The van der Waals surface area contributed by atoms with Crippen LogP contribution in [-0.4, -0.2) is 24.4 Å². The van der Waals surface area contributed by atoms with Gasteiger partial charge in [-0.25, -0.2) is 0 Å². The molecule has 0 aliphatic heterocycles. The molecule has 0 radical (unpaired) electrons. The summed E-state index contributed by atoms with van der Waals surface area (Å²) in [6, 6.07) is 7.74. The molecule has 3 aromatic heterocycles. The molecule has 3 heterocycles. The highest BCUT2D eigenvalue weighted by molar-refractivity contribution is 7.09. The maximum atomic E-state index is 11.5. The summed E-state index contributed by atoms with van der Waals surface area (Å²) in [6.45, 7) is 1.92. The highest BCUT2D eigenvalue weighted by Crippen LogP contribution is 2.29. The van der Waals surface area contributed by atoms with Crippen molar-refractivity contribution in [3.8, 4) is 11.7 Å². The first-order valence-corrected chi connectivity index (χ1v) is 8.84. The van der Waals surface area contributed by atoms with Crippen LogP contribution in [-0.2, 0) is 13.5 Å². The fourth-order valence-corrected chi connectivity index (χ4v) is 4.04. The lowest BCUT2D eigenvalue weighted by molar-refractivity contribution is 0.451. The van der Waals surface area contributed by atoms with Crippen LogP contribution in [0.15, 0.2) is 35.3 Å². The molecule has 4 aromatic rings. The van der Waals surface area contributed by atoms with Crippen molar-refractivity contribution in [2.24, 2.45) is 7.05 Å². The van der Waals surface area contributed by atoms with Crippen LogP contribution in [0.25, 0.3) is 16.7 Å². The molecule has 0 fully saturated rings. The second kappa shape index (κ2) is 5.79. The molecule has 0 saturated heterocycles. The Balaban J connectivity index is 1.90. The van der Waals surface area contributed by atoms with E-state index < -0.39 is 0 Å². The zero-order chi connectivity index (χ0) is 17.7. The molecule has 8 heteroatoms. The van der Waals surface area contributed by atoms with Crippen LogP contribution < -0.4 is 4.87 Å². The van der Waals surface area contributed by atoms with Gasteiger partial charge in [-0.05, 0) is 31.2 Å². The van der Waals surface area contributed by atoms with Gasteiger partial charge in [0.05, 0.1) is 16.1 Å². The number of aromatic amines is 1. The molecule has 0 spiro atoms. The highest BCUT2D eigenvalue weighted by Gasteiger charge is 2.19. The van der Waals surface area contributed by atoms with Crippen molar-refractivity contribution in [3.05, 3.63) is 61.3 Å². The molecule has 0 aliphatic carbocycles. The summed E-state index contributed by atoms with van der Waals surface area (Å²) in [7, 11) is 1.88. The quantitative estimate of drug-likeness (QED) is 0.577. The van der Waals surface area contributed by atoms with Gasteiger partial charge in [0, 0.05) is 35.6 Å². The summed E-state index contributed by atoms with van der Waals surface area (Å²) in [4.78, 5) is 14.2. The topological polar surface area (TPSA) is 75.8 Å². The Kier molecular flexibility index (Phi) is 3.70. The van der Waals surface area contributed by atoms with Crippen LogP contribution in [0.1, 0.15) is 16.1 Å². The maximum absolute atomic E-state index is 11.5. The predicted octanol–water partition coefficient (Wildman–Crippen LogP) is 3.37. The largest absolute Gasteiger partial charge is 0.494 e. The highest BCUT2D eigenvalue weighted by atomic mass is 35.5. The molecule has 2 N–H and O–H groups in total. The number of benzene rings is 1. The van der Waals surface area contributed by atoms with Crippen LogP contribution in [0.2, 0.25) is 5.02 Å². The average Bonchev–Trinajstić information content (AvgIpc) is 3.16. The van der Waals surface area contributed by atoms with Crippen LogP contribution in [0.4, 0.5) is 0 Å². The lowest BCUT2D eigenvalue weighted by atomic mass is 10.1. The van der Waals surface area contributed by atoms with Crippen molar-refractivity contribution < 1.29 is 5.11 Å². The number of nitrogens with zero attached hydrogens (tertiary/aromatic N) is 3. The number of hydrogen-bond acceptors (Lipinski definition) is 4. The fraction of sp³-hybridized carbons (Fsp3) is 0.176. The minimum atomic E-state index is -0.267. The first kappa shape index (κ1) is 16.0. The van der Waals surface area contributed by atoms with Crippen LogP contribution in [0.3, 0.4) is 0 Å². The second-order valence-corrected chi connectivity index (χ2v) is 7.37. The molecule has 6 nitrogen and oxygen atoms in total. The molecule has 0 aliphatic rings. The van der Waals surface area contributed by atoms with Gasteiger partial charge in [-0.15, -0.1) is 0 Å². The Morgan fingerprint density at radius 1 is 1.36 bits per heavy atom. The van der Waals surface area contributed by atoms with Gasteiger partial charge in [0.2, 0.25) is 5.88 Å². The Morgan fingerprint density at radius 2 is 2.16 bits per heavy atom. The number of aryl methyl sites for hydroxylation is 2. The van der Waals surface area contributed by atoms with E-state index in [4.69, 9.17) is 11.6 Å². The minimum Gasteiger partial charge on any atom is -0.494 e. The first-order chi connectivity index (χ1) is 11.9. The molecule has 0 atom stereocenters. The van der Waals surface area contributed by atoms with Crippen LogP contribution in [0.5, 0.6) is 5.88 Å². The van der Waals surface area contributed by atoms with E-state index in [0.29, 0.717) is 16.3 Å². The number of nitrogens with one attached hydrogen (secondary N) is 1. The second-order valence-electron chi connectivity index (χ2n) is 5.86. The summed E-state index contributed by atoms with van der Waals surface area (Å²) < 4.78 is 3.86. The van der Waals surface area contributed by atoms with Crippen molar-refractivity contribution in [2.75, 3.05) is 0 Å². The van der Waals surface area contributed by atoms with Crippen molar-refractivity contribution in [1.29, 1.82) is 0 Å². The van der Waals surface area contributed by atoms with E-state index in [2.05, 4.69) is 10.1 Å². The van der Waals surface area contributed by atoms with E-state index in [0.717, 1.165) is 39.3 Å². The molecule has 0 unspecified atom stereocenters. The van der Waals surface area contributed by atoms with E-state index in [1.54, 1.807) is 0 Å². The monoisotopic (exact) mass is 374 g/mol. The van der Waals surface area contributed by atoms with Gasteiger partial charge in [0.1, 0.15) is 5.82 Å². The van der Waals surface area contributed by atoms with Crippen molar-refractivity contribution in [3.63, 3.8) is 0 Å². The molecular formula is C17H15ClN4O2S. The van der Waals surface area contributed by atoms with E-state index in [9.17, 15) is 9.90 Å². The maximum Gasteiger partial charge on any atom is 0.307 e. The minimum absolute atomic E-state index is 0.0756. The fourth-order valence-electron chi connectivity index (χ4n) is 3.13. The molecule has 128 valence electrons. The summed E-state index contributed by atoms with van der Waals surface area (Å²) in [5.74, 6) is 0.823. The van der Waals surface area contributed by atoms with Gasteiger partial charge in [-0.1, -0.05) is 22.9 Å². The van der Waals surface area contributed by atoms with Crippen LogP contribution >= 0.6 is 22.9 Å². The lowest BCUT2D eigenvalue weighted by Crippen LogP contribution is -2.04. The normalized spacial score (nSPS) is 11.5. The number of aromatic nitrogens is 4. The number of halogens is 1. The van der Waals surface area contributed by atoms with E-state index in [1.165, 1.54) is 0 Å². The predicted molar refractivity (Wildman–Crippen MR) is 99.2 cm³/mol. The van der Waals surface area contributed by atoms with Gasteiger partial charge in [-0.3, -0.25) is 14.5 Å². The lowest BCUT2D eigenvalue weighted by Gasteiger charge is -2.09. The molecule has 1 aromatic carbocycles. The summed E-state index contributed by atoms with van der Waals surface area (Å²) in [5.41, 5.74) is 2.83. The van der Waals surface area contributed by atoms with Gasteiger partial charge < -0.3 is 9.67 Å². The SMILES string of the molecule is Cc1nn(C)c(-n2ccc3cc(Cl)ccc32)c1Cc1sc(=O)[nH]c1O. The molecule has 0 amide bonds. The Hall–Kier alpha value is -2.51. The smallest absolute Gasteiger partial charge is 0.307 e. The Bertz CT molecular complexity index is 1150. The van der Waals surface area contributed by atoms with E-state index in [1.807, 2.05) is 53.7 Å². The zero-order valence-electron chi connectivity index (χ0n) is 13.6. The molecular weight excluding hydrogens is 360 g/mol. The van der Waals surface area contributed by atoms with Crippen molar-refractivity contribution >= 4 is 33.8 Å². The zero-order valence-corrected chi connectivity index (χ0v) is 15.1. The van der Waals surface area contributed by atoms with E-state index >= 15 is 0 Å². The van der Waals surface area contributed by atoms with Crippen LogP contribution in [0, 0.1) is 6.92 Å². The molecule has 0 bridgehead atoms. The third-order valence-electron chi connectivity index (χ3n) is 4.23. The Morgan fingerprint density at radius 3 is 2.88 bits per heavy atom. The number of H-pyrrole nitrogens is 1. The van der Waals surface area contributed by atoms with Gasteiger partial charge in [-0.2, -0.15) is 5.10 Å². The number of aromatic hydroxyl groups is 1. The number of rotatable bonds is 3. The number of thiazole rings is 1. The van der Waals surface area contributed by atoms with Gasteiger partial charge in [0.15, 0.2) is 0 Å². The molecule has 0 saturated carbocycles. The molecule has 4 rings (SSSR count). The van der Waals surface area contributed by atoms with Gasteiger partial charge in [0.25, 0.3) is 0 Å². The van der Waals surface area contributed by atoms with Crippen molar-refractivity contribution in [1.82, 2.24) is 19.3 Å². The third kappa shape index (κ3) is 2.65.